The molecule has 0 atom stereocenters. The van der Waals surface area contributed by atoms with E-state index in [1.807, 2.05) is 13.0 Å². The van der Waals surface area contributed by atoms with Gasteiger partial charge in [0.2, 0.25) is 11.7 Å². The normalized spacial score (nSPS) is 10.0. The number of nitrogens with two attached hydrogens (primary N) is 2. The summed E-state index contributed by atoms with van der Waals surface area (Å²) in [4.78, 5) is 7.91. The van der Waals surface area contributed by atoms with Crippen molar-refractivity contribution < 1.29 is 14.2 Å². The second-order valence-electron chi connectivity index (χ2n) is 4.45. The summed E-state index contributed by atoms with van der Waals surface area (Å²) in [6.07, 6.45) is 0. The summed E-state index contributed by atoms with van der Waals surface area (Å²) < 4.78 is 16.2. The molecule has 0 saturated heterocycles. The molecule has 0 amide bonds. The zero-order valence-corrected chi connectivity index (χ0v) is 13.1. The highest BCUT2D eigenvalue weighted by molar-refractivity contribution is 5.76. The van der Waals surface area contributed by atoms with Gasteiger partial charge in [0.05, 0.1) is 26.5 Å². The molecule has 1 aromatic carbocycles. The fourth-order valence-electron chi connectivity index (χ4n) is 2.12. The van der Waals surface area contributed by atoms with E-state index in [4.69, 9.17) is 25.7 Å². The number of nitrogens with zero attached hydrogens (tertiary/aromatic N) is 3. The van der Waals surface area contributed by atoms with Crippen LogP contribution in [-0.4, -0.2) is 30.8 Å². The molecular weight excluding hydrogens is 298 g/mol. The summed E-state index contributed by atoms with van der Waals surface area (Å²) >= 11 is 0. The van der Waals surface area contributed by atoms with Crippen LogP contribution in [0.1, 0.15) is 12.5 Å². The third-order valence-electron chi connectivity index (χ3n) is 3.09. The van der Waals surface area contributed by atoms with Gasteiger partial charge in [-0.25, -0.2) is 4.98 Å². The Bertz CT molecular complexity index is 745. The van der Waals surface area contributed by atoms with Gasteiger partial charge in [0.25, 0.3) is 0 Å². The van der Waals surface area contributed by atoms with E-state index in [1.54, 1.807) is 12.1 Å². The van der Waals surface area contributed by atoms with Crippen LogP contribution >= 0.6 is 0 Å². The van der Waals surface area contributed by atoms with Crippen LogP contribution < -0.4 is 25.7 Å². The third-order valence-corrected chi connectivity index (χ3v) is 3.09. The fraction of sp³-hybridized carbons (Fsp3) is 0.267. The maximum absolute atomic E-state index is 9.31. The first-order valence-corrected chi connectivity index (χ1v) is 6.77. The predicted molar refractivity (Wildman–Crippen MR) is 85.3 cm³/mol. The summed E-state index contributed by atoms with van der Waals surface area (Å²) in [5.41, 5.74) is 12.4. The van der Waals surface area contributed by atoms with Crippen LogP contribution in [0, 0.1) is 11.3 Å². The molecule has 0 aliphatic rings. The Morgan fingerprint density at radius 1 is 1.13 bits per heavy atom. The first-order chi connectivity index (χ1) is 11.0. The van der Waals surface area contributed by atoms with Gasteiger partial charge in [0.1, 0.15) is 17.5 Å². The van der Waals surface area contributed by atoms with Crippen molar-refractivity contribution in [3.63, 3.8) is 0 Å². The fourth-order valence-corrected chi connectivity index (χ4v) is 2.12. The average Bonchev–Trinajstić information content (AvgIpc) is 2.54. The number of anilines is 2. The Kier molecular flexibility index (Phi) is 4.71. The van der Waals surface area contributed by atoms with Crippen LogP contribution in [0.3, 0.4) is 0 Å². The van der Waals surface area contributed by atoms with E-state index in [1.165, 1.54) is 14.2 Å². The molecular formula is C15H17N5O3. The summed E-state index contributed by atoms with van der Waals surface area (Å²) in [6, 6.07) is 5.34. The molecule has 2 aromatic rings. The van der Waals surface area contributed by atoms with Crippen molar-refractivity contribution >= 4 is 11.8 Å². The van der Waals surface area contributed by atoms with Gasteiger partial charge in [-0.2, -0.15) is 10.2 Å². The van der Waals surface area contributed by atoms with Gasteiger partial charge < -0.3 is 25.7 Å². The molecule has 0 aliphatic heterocycles. The quantitative estimate of drug-likeness (QED) is 0.851. The molecule has 0 unspecified atom stereocenters. The van der Waals surface area contributed by atoms with Gasteiger partial charge in [-0.3, -0.25) is 0 Å². The first kappa shape index (κ1) is 16.2. The average molecular weight is 315 g/mol. The van der Waals surface area contributed by atoms with Gasteiger partial charge in [-0.05, 0) is 19.1 Å². The number of aromatic nitrogens is 2. The highest BCUT2D eigenvalue weighted by atomic mass is 16.5. The lowest BCUT2D eigenvalue weighted by Crippen LogP contribution is -2.05. The highest BCUT2D eigenvalue weighted by Gasteiger charge is 2.19. The maximum atomic E-state index is 9.31. The molecule has 120 valence electrons. The molecule has 1 heterocycles. The van der Waals surface area contributed by atoms with E-state index in [0.717, 1.165) is 0 Å². The summed E-state index contributed by atoms with van der Waals surface area (Å²) in [7, 11) is 3.02. The zero-order chi connectivity index (χ0) is 17.0. The monoisotopic (exact) mass is 315 g/mol. The van der Waals surface area contributed by atoms with Crippen molar-refractivity contribution in [1.82, 2.24) is 9.97 Å². The number of ether oxygens (including phenoxy) is 3. The third kappa shape index (κ3) is 3.03. The van der Waals surface area contributed by atoms with Crippen molar-refractivity contribution in [1.29, 1.82) is 5.26 Å². The van der Waals surface area contributed by atoms with E-state index in [2.05, 4.69) is 9.97 Å². The lowest BCUT2D eigenvalue weighted by Gasteiger charge is -2.15. The van der Waals surface area contributed by atoms with Crippen LogP contribution in [0.2, 0.25) is 0 Å². The molecule has 0 radical (unpaired) electrons. The van der Waals surface area contributed by atoms with Crippen molar-refractivity contribution in [2.75, 3.05) is 32.3 Å². The van der Waals surface area contributed by atoms with E-state index in [0.29, 0.717) is 35.1 Å². The molecule has 0 spiro atoms. The highest BCUT2D eigenvalue weighted by Crippen LogP contribution is 2.42. The molecule has 8 nitrogen and oxygen atoms in total. The predicted octanol–water partition coefficient (Wildman–Crippen LogP) is 1.60. The molecule has 0 bridgehead atoms. The van der Waals surface area contributed by atoms with Gasteiger partial charge in [0, 0.05) is 5.56 Å². The van der Waals surface area contributed by atoms with Crippen LogP contribution in [0.15, 0.2) is 12.1 Å². The van der Waals surface area contributed by atoms with Gasteiger partial charge in [0.15, 0.2) is 11.5 Å². The summed E-state index contributed by atoms with van der Waals surface area (Å²) in [5.74, 6) is 1.35. The van der Waals surface area contributed by atoms with Crippen LogP contribution in [0.25, 0.3) is 11.3 Å². The Balaban J connectivity index is 2.73. The number of nitriles is 1. The molecule has 1 aromatic heterocycles. The van der Waals surface area contributed by atoms with E-state index in [-0.39, 0.29) is 17.3 Å². The molecule has 0 saturated carbocycles. The molecule has 2 rings (SSSR count). The SMILES string of the molecule is CCOc1c(OC)cc(-c2nc(N)nc(N)c2C#N)cc1OC. The molecule has 23 heavy (non-hydrogen) atoms. The summed E-state index contributed by atoms with van der Waals surface area (Å²) in [6.45, 7) is 2.30. The van der Waals surface area contributed by atoms with E-state index < -0.39 is 0 Å². The number of benzene rings is 1. The largest absolute Gasteiger partial charge is 0.493 e. The molecule has 0 fully saturated rings. The lowest BCUT2D eigenvalue weighted by atomic mass is 10.1. The second-order valence-corrected chi connectivity index (χ2v) is 4.45. The second kappa shape index (κ2) is 6.70. The minimum absolute atomic E-state index is 0.0156. The van der Waals surface area contributed by atoms with E-state index in [9.17, 15) is 5.26 Å². The smallest absolute Gasteiger partial charge is 0.222 e. The topological polar surface area (TPSA) is 129 Å². The summed E-state index contributed by atoms with van der Waals surface area (Å²) in [5, 5.41) is 9.31. The minimum atomic E-state index is -0.0247. The Hall–Kier alpha value is -3.21. The molecule has 8 heteroatoms. The number of methoxy groups -OCH3 is 2. The number of nitrogen functional groups attached to an aromatic ring is 2. The van der Waals surface area contributed by atoms with Crippen LogP contribution in [0.5, 0.6) is 17.2 Å². The lowest BCUT2D eigenvalue weighted by molar-refractivity contribution is 0.288. The maximum Gasteiger partial charge on any atom is 0.222 e. The van der Waals surface area contributed by atoms with Crippen molar-refractivity contribution in [3.8, 4) is 34.6 Å². The van der Waals surface area contributed by atoms with Crippen molar-refractivity contribution in [3.05, 3.63) is 17.7 Å². The van der Waals surface area contributed by atoms with E-state index >= 15 is 0 Å². The van der Waals surface area contributed by atoms with Crippen LogP contribution in [-0.2, 0) is 0 Å². The van der Waals surface area contributed by atoms with Gasteiger partial charge >= 0.3 is 0 Å². The number of hydrogen-bond donors (Lipinski definition) is 2. The zero-order valence-electron chi connectivity index (χ0n) is 13.1. The number of rotatable bonds is 5. The Morgan fingerprint density at radius 3 is 2.22 bits per heavy atom. The Labute approximate surface area is 133 Å². The first-order valence-electron chi connectivity index (χ1n) is 6.77. The van der Waals surface area contributed by atoms with Gasteiger partial charge in [-0.15, -0.1) is 0 Å². The molecule has 4 N–H and O–H groups in total. The Morgan fingerprint density at radius 2 is 1.74 bits per heavy atom. The van der Waals surface area contributed by atoms with Crippen LogP contribution in [0.4, 0.5) is 11.8 Å². The number of hydrogen-bond acceptors (Lipinski definition) is 8. The van der Waals surface area contributed by atoms with Crippen molar-refractivity contribution in [2.45, 2.75) is 6.92 Å². The van der Waals surface area contributed by atoms with Crippen molar-refractivity contribution in [2.24, 2.45) is 0 Å². The molecule has 0 aliphatic carbocycles. The standard InChI is InChI=1S/C15H17N5O3/c1-4-23-13-10(21-2)5-8(6-11(13)22-3)12-9(7-16)14(17)20-15(18)19-12/h5-6H,4H2,1-3H3,(H4,17,18,19,20). The minimum Gasteiger partial charge on any atom is -0.493 e. The van der Waals surface area contributed by atoms with Gasteiger partial charge in [-0.1, -0.05) is 0 Å².